The van der Waals surface area contributed by atoms with E-state index in [-0.39, 0.29) is 71.6 Å². The summed E-state index contributed by atoms with van der Waals surface area (Å²) < 4.78 is 6.09. The molecule has 10 saturated carbocycles. The number of nitrogens with one attached hydrogen (secondary N) is 4. The van der Waals surface area contributed by atoms with Crippen LogP contribution in [0, 0.1) is 58.7 Å². The number of carbonyl (C=O) groups is 6. The number of amides is 5. The summed E-state index contributed by atoms with van der Waals surface area (Å²) in [6, 6.07) is -2.99. The Morgan fingerprint density at radius 1 is 0.797 bits per heavy atom. The van der Waals surface area contributed by atoms with Gasteiger partial charge in [0.1, 0.15) is 17.7 Å². The monoisotopic (exact) mass is 816 g/mol. The minimum atomic E-state index is -1.13. The number of carbonyl (C=O) groups excluding carboxylic acids is 6. The highest BCUT2D eigenvalue weighted by molar-refractivity contribution is 6.38. The Balaban J connectivity index is 0.840. The molecular formula is C47H69N5O7. The molecule has 0 radical (unpaired) electrons. The van der Waals surface area contributed by atoms with E-state index in [9.17, 15) is 28.8 Å². The van der Waals surface area contributed by atoms with Crippen molar-refractivity contribution in [1.82, 2.24) is 26.2 Å². The van der Waals surface area contributed by atoms with Crippen LogP contribution in [-0.2, 0) is 28.7 Å². The number of fused-ring (bicyclic) bond motifs is 1. The summed E-state index contributed by atoms with van der Waals surface area (Å²) in [6.07, 6.45) is 20.3. The van der Waals surface area contributed by atoms with Crippen LogP contribution in [0.2, 0.25) is 0 Å². The quantitative estimate of drug-likeness (QED) is 0.0934. The molecule has 12 heteroatoms. The lowest BCUT2D eigenvalue weighted by Crippen LogP contribution is -2.64. The molecule has 4 N–H and O–H groups in total. The summed E-state index contributed by atoms with van der Waals surface area (Å²) in [7, 11) is 0. The topological polar surface area (TPSA) is 163 Å². The van der Waals surface area contributed by atoms with Crippen LogP contribution in [0.5, 0.6) is 0 Å². The van der Waals surface area contributed by atoms with Crippen LogP contribution in [0.1, 0.15) is 142 Å². The van der Waals surface area contributed by atoms with Crippen molar-refractivity contribution >= 4 is 35.5 Å². The number of ketones is 1. The predicted molar refractivity (Wildman–Crippen MR) is 220 cm³/mol. The zero-order valence-corrected chi connectivity index (χ0v) is 35.6. The maximum absolute atomic E-state index is 14.8. The SMILES string of the molecule is C=CCC[C@@H](NC(=O)[C@@H]1[C@@H]2C(CN1C(=O)[C@@H](NC(=O)NC13CC4CC(CC(C4)C1)C3)C1CCCCC1)C2(C)C)C(=O)C(=O)NCCC(=O)OC12CC3CC(CC(C3)C1)C2. The molecule has 0 aromatic rings. The molecule has 1 aliphatic heterocycles. The van der Waals surface area contributed by atoms with E-state index in [4.69, 9.17) is 4.74 Å². The standard InChI is InChI=1S/C47H69N5O7/c1-4-5-11-35(40(54)42(56)48-13-12-36(53)59-47-23-30-17-31(24-47)19-32(18-30)25-47)49-41(55)39-37-34(45(37,2)3)26-52(39)43(57)38(33-9-7-6-8-10-33)50-44(58)51-46-20-27-14-28(21-46)16-29(15-27)22-46/h4,27-35,37-39H,1,5-26H2,2-3H3,(H,48,56)(H,49,55)(H2,50,51,58)/t27?,28?,29?,30?,31?,32?,34?,35-,37+,38+,39+,46?,47?/m1/s1. The summed E-state index contributed by atoms with van der Waals surface area (Å²) in [5.74, 6) is 1.21. The van der Waals surface area contributed by atoms with Gasteiger partial charge in [0.15, 0.2) is 0 Å². The van der Waals surface area contributed by atoms with Gasteiger partial charge in [-0.2, -0.15) is 0 Å². The zero-order chi connectivity index (χ0) is 41.3. The lowest BCUT2D eigenvalue weighted by atomic mass is 9.53. The van der Waals surface area contributed by atoms with Gasteiger partial charge in [0, 0.05) is 18.6 Å². The number of allylic oxidation sites excluding steroid dienone is 1. The number of ether oxygens (including phenoxy) is 1. The van der Waals surface area contributed by atoms with Gasteiger partial charge in [-0.25, -0.2) is 4.79 Å². The van der Waals surface area contributed by atoms with Gasteiger partial charge in [-0.05, 0) is 161 Å². The largest absolute Gasteiger partial charge is 0.459 e. The highest BCUT2D eigenvalue weighted by Gasteiger charge is 2.70. The fraction of sp³-hybridized carbons (Fsp3) is 0.830. The van der Waals surface area contributed by atoms with Gasteiger partial charge in [-0.15, -0.1) is 6.58 Å². The number of likely N-dealkylation sites (tertiary alicyclic amines) is 1. The van der Waals surface area contributed by atoms with Crippen molar-refractivity contribution in [3.8, 4) is 0 Å². The molecule has 59 heavy (non-hydrogen) atoms. The number of piperidine rings is 1. The molecule has 8 bridgehead atoms. The molecule has 0 spiro atoms. The number of hydrogen-bond acceptors (Lipinski definition) is 7. The van der Waals surface area contributed by atoms with Gasteiger partial charge >= 0.3 is 12.0 Å². The first-order chi connectivity index (χ1) is 28.2. The molecule has 11 rings (SSSR count). The molecule has 324 valence electrons. The number of esters is 1. The average Bonchev–Trinajstić information content (AvgIpc) is 3.46. The Morgan fingerprint density at radius 2 is 1.37 bits per heavy atom. The predicted octanol–water partition coefficient (Wildman–Crippen LogP) is 5.72. The van der Waals surface area contributed by atoms with Gasteiger partial charge in [0.2, 0.25) is 17.6 Å². The molecule has 11 aliphatic rings. The second kappa shape index (κ2) is 15.8. The summed E-state index contributed by atoms with van der Waals surface area (Å²) in [4.78, 5) is 84.9. The number of urea groups is 1. The molecule has 1 heterocycles. The van der Waals surface area contributed by atoms with Gasteiger partial charge < -0.3 is 30.9 Å². The smallest absolute Gasteiger partial charge is 0.315 e. The van der Waals surface area contributed by atoms with Crippen LogP contribution in [-0.4, -0.2) is 82.8 Å². The minimum absolute atomic E-state index is 0.0255. The highest BCUT2D eigenvalue weighted by Crippen LogP contribution is 2.65. The zero-order valence-electron chi connectivity index (χ0n) is 35.6. The third-order valence-corrected chi connectivity index (χ3v) is 17.3. The molecule has 5 amide bonds. The molecule has 10 aliphatic carbocycles. The van der Waals surface area contributed by atoms with Gasteiger partial charge in [-0.3, -0.25) is 24.0 Å². The van der Waals surface area contributed by atoms with Crippen molar-refractivity contribution < 1.29 is 33.5 Å². The van der Waals surface area contributed by atoms with Crippen molar-refractivity contribution in [2.45, 2.75) is 172 Å². The molecule has 1 saturated heterocycles. The minimum Gasteiger partial charge on any atom is -0.459 e. The molecule has 5 atom stereocenters. The number of Topliss-reactive ketones (excluding diaryl/α,β-unsaturated/α-hetero) is 1. The van der Waals surface area contributed by atoms with Crippen LogP contribution >= 0.6 is 0 Å². The third-order valence-electron chi connectivity index (χ3n) is 17.3. The van der Waals surface area contributed by atoms with E-state index in [1.807, 2.05) is 0 Å². The van der Waals surface area contributed by atoms with E-state index in [0.717, 1.165) is 70.6 Å². The second-order valence-corrected chi connectivity index (χ2v) is 21.9. The van der Waals surface area contributed by atoms with Crippen LogP contribution < -0.4 is 21.3 Å². The maximum atomic E-state index is 14.8. The van der Waals surface area contributed by atoms with Crippen LogP contribution in [0.4, 0.5) is 4.79 Å². The van der Waals surface area contributed by atoms with E-state index in [1.54, 1.807) is 11.0 Å². The molecule has 12 nitrogen and oxygen atoms in total. The summed E-state index contributed by atoms with van der Waals surface area (Å²) in [5, 5.41) is 12.1. The molecule has 0 aromatic heterocycles. The first-order valence-electron chi connectivity index (χ1n) is 23.6. The van der Waals surface area contributed by atoms with Gasteiger partial charge in [0.05, 0.1) is 12.5 Å². The number of hydrogen-bond donors (Lipinski definition) is 4. The van der Waals surface area contributed by atoms with Crippen molar-refractivity contribution in [1.29, 1.82) is 0 Å². The van der Waals surface area contributed by atoms with E-state index >= 15 is 0 Å². The fourth-order valence-corrected chi connectivity index (χ4v) is 15.3. The Bertz CT molecular complexity index is 1650. The summed E-state index contributed by atoms with van der Waals surface area (Å²) in [5.41, 5.74) is -0.744. The Morgan fingerprint density at radius 3 is 1.95 bits per heavy atom. The Kier molecular flexibility index (Phi) is 11.0. The lowest BCUT2D eigenvalue weighted by molar-refractivity contribution is -0.186. The van der Waals surface area contributed by atoms with Crippen LogP contribution in [0.3, 0.4) is 0 Å². The maximum Gasteiger partial charge on any atom is 0.315 e. The van der Waals surface area contributed by atoms with E-state index in [2.05, 4.69) is 41.7 Å². The summed E-state index contributed by atoms with van der Waals surface area (Å²) in [6.45, 7) is 8.39. The van der Waals surface area contributed by atoms with E-state index in [0.29, 0.717) is 48.5 Å². The van der Waals surface area contributed by atoms with Crippen molar-refractivity contribution in [3.05, 3.63) is 12.7 Å². The summed E-state index contributed by atoms with van der Waals surface area (Å²) >= 11 is 0. The Labute approximate surface area is 350 Å². The van der Waals surface area contributed by atoms with Gasteiger partial charge in [-0.1, -0.05) is 39.2 Å². The number of rotatable bonds is 15. The normalized spacial score (nSPS) is 39.1. The second-order valence-electron chi connectivity index (χ2n) is 21.9. The lowest BCUT2D eigenvalue weighted by Gasteiger charge is -2.56. The molecular weight excluding hydrogens is 747 g/mol. The average molecular weight is 816 g/mol. The molecule has 1 unspecified atom stereocenters. The van der Waals surface area contributed by atoms with Crippen molar-refractivity contribution in [3.63, 3.8) is 0 Å². The third kappa shape index (κ3) is 8.08. The molecule has 11 fully saturated rings. The van der Waals surface area contributed by atoms with Gasteiger partial charge in [0.25, 0.3) is 5.91 Å². The highest BCUT2D eigenvalue weighted by atomic mass is 16.6. The van der Waals surface area contributed by atoms with E-state index in [1.165, 1.54) is 38.5 Å². The molecule has 0 aromatic carbocycles. The Hall–Kier alpha value is -3.44. The first kappa shape index (κ1) is 40.9. The van der Waals surface area contributed by atoms with Crippen LogP contribution in [0.15, 0.2) is 12.7 Å². The van der Waals surface area contributed by atoms with E-state index < -0.39 is 35.7 Å². The van der Waals surface area contributed by atoms with Crippen molar-refractivity contribution in [2.24, 2.45) is 58.7 Å². The van der Waals surface area contributed by atoms with Crippen LogP contribution in [0.25, 0.3) is 0 Å². The first-order valence-corrected chi connectivity index (χ1v) is 23.6. The number of nitrogens with zero attached hydrogens (tertiary/aromatic N) is 1. The fourth-order valence-electron chi connectivity index (χ4n) is 15.3. The van der Waals surface area contributed by atoms with Crippen molar-refractivity contribution in [2.75, 3.05) is 13.1 Å².